The molecule has 2 N–H and O–H groups in total. The van der Waals surface area contributed by atoms with Crippen molar-refractivity contribution in [2.45, 2.75) is 0 Å². The number of carbonyl (C=O) groups excluding carboxylic acids is 1. The number of benzene rings is 1. The number of amides is 1. The SMILES string of the molecule is COc1ccc(C(=O)NCCNc2nc(-c3ccncc3)cc3ncccc23)cc1OC. The average Bonchev–Trinajstić information content (AvgIpc) is 2.86. The van der Waals surface area contributed by atoms with Crippen LogP contribution < -0.4 is 20.1 Å². The minimum atomic E-state index is -0.197. The van der Waals surface area contributed by atoms with E-state index in [1.54, 1.807) is 43.9 Å². The molecule has 0 aliphatic heterocycles. The number of nitrogens with zero attached hydrogens (tertiary/aromatic N) is 3. The molecular weight excluding hydrogens is 406 g/mol. The highest BCUT2D eigenvalue weighted by atomic mass is 16.5. The summed E-state index contributed by atoms with van der Waals surface area (Å²) in [6.45, 7) is 0.909. The first kappa shape index (κ1) is 21.0. The molecule has 32 heavy (non-hydrogen) atoms. The van der Waals surface area contributed by atoms with Crippen LogP contribution >= 0.6 is 0 Å². The minimum Gasteiger partial charge on any atom is -0.493 e. The Hall–Kier alpha value is -4.20. The van der Waals surface area contributed by atoms with Gasteiger partial charge in [-0.2, -0.15) is 0 Å². The number of aromatic nitrogens is 3. The molecule has 0 bridgehead atoms. The Balaban J connectivity index is 1.45. The smallest absolute Gasteiger partial charge is 0.251 e. The summed E-state index contributed by atoms with van der Waals surface area (Å²) in [6, 6.07) is 14.7. The van der Waals surface area contributed by atoms with Gasteiger partial charge in [0.15, 0.2) is 11.5 Å². The number of carbonyl (C=O) groups is 1. The van der Waals surface area contributed by atoms with E-state index in [2.05, 4.69) is 20.6 Å². The maximum Gasteiger partial charge on any atom is 0.251 e. The zero-order chi connectivity index (χ0) is 22.3. The number of pyridine rings is 3. The number of fused-ring (bicyclic) bond motifs is 1. The van der Waals surface area contributed by atoms with Crippen LogP contribution in [0.4, 0.5) is 5.82 Å². The van der Waals surface area contributed by atoms with Crippen molar-refractivity contribution in [2.24, 2.45) is 0 Å². The molecule has 1 amide bonds. The van der Waals surface area contributed by atoms with E-state index in [1.165, 1.54) is 7.11 Å². The second kappa shape index (κ2) is 9.74. The van der Waals surface area contributed by atoms with Gasteiger partial charge in [-0.15, -0.1) is 0 Å². The fourth-order valence-electron chi connectivity index (χ4n) is 3.32. The Morgan fingerprint density at radius 2 is 1.75 bits per heavy atom. The number of methoxy groups -OCH3 is 2. The predicted octanol–water partition coefficient (Wildman–Crippen LogP) is 3.55. The lowest BCUT2D eigenvalue weighted by Crippen LogP contribution is -2.29. The Morgan fingerprint density at radius 3 is 2.53 bits per heavy atom. The van der Waals surface area contributed by atoms with Gasteiger partial charge in [0, 0.05) is 48.2 Å². The van der Waals surface area contributed by atoms with Gasteiger partial charge >= 0.3 is 0 Å². The number of rotatable bonds is 8. The van der Waals surface area contributed by atoms with Crippen molar-refractivity contribution in [3.63, 3.8) is 0 Å². The van der Waals surface area contributed by atoms with Gasteiger partial charge in [-0.3, -0.25) is 14.8 Å². The molecule has 0 unspecified atom stereocenters. The minimum absolute atomic E-state index is 0.197. The van der Waals surface area contributed by atoms with Crippen LogP contribution in [0.15, 0.2) is 67.1 Å². The molecule has 4 aromatic rings. The van der Waals surface area contributed by atoms with Crippen LogP contribution in [0, 0.1) is 0 Å². The van der Waals surface area contributed by atoms with Crippen molar-refractivity contribution in [3.05, 3.63) is 72.7 Å². The van der Waals surface area contributed by atoms with Gasteiger partial charge in [0.2, 0.25) is 0 Å². The standard InChI is InChI=1S/C24H23N5O3/c1-31-21-6-5-17(14-22(21)32-2)24(30)28-13-12-27-23-18-4-3-9-26-20(18)15-19(29-23)16-7-10-25-11-8-16/h3-11,14-15H,12-13H2,1-2H3,(H,27,29)(H,28,30). The van der Waals surface area contributed by atoms with E-state index in [1.807, 2.05) is 30.3 Å². The lowest BCUT2D eigenvalue weighted by molar-refractivity contribution is 0.0954. The van der Waals surface area contributed by atoms with Crippen LogP contribution in [0.25, 0.3) is 22.2 Å². The summed E-state index contributed by atoms with van der Waals surface area (Å²) < 4.78 is 10.5. The third kappa shape index (κ3) is 4.59. The molecule has 1 aromatic carbocycles. The zero-order valence-corrected chi connectivity index (χ0v) is 17.8. The lowest BCUT2D eigenvalue weighted by atomic mass is 10.1. The highest BCUT2D eigenvalue weighted by molar-refractivity contribution is 5.95. The highest BCUT2D eigenvalue weighted by Crippen LogP contribution is 2.28. The summed E-state index contributed by atoms with van der Waals surface area (Å²) in [5.41, 5.74) is 3.09. The van der Waals surface area contributed by atoms with Gasteiger partial charge in [-0.25, -0.2) is 4.98 Å². The monoisotopic (exact) mass is 429 g/mol. The molecule has 0 saturated heterocycles. The van der Waals surface area contributed by atoms with Crippen molar-refractivity contribution >= 4 is 22.6 Å². The number of anilines is 1. The molecule has 0 saturated carbocycles. The van der Waals surface area contributed by atoms with E-state index in [4.69, 9.17) is 14.5 Å². The molecule has 0 atom stereocenters. The first-order valence-electron chi connectivity index (χ1n) is 10.1. The molecule has 0 aliphatic carbocycles. The summed E-state index contributed by atoms with van der Waals surface area (Å²) in [4.78, 5) is 25.8. The van der Waals surface area contributed by atoms with Gasteiger partial charge < -0.3 is 20.1 Å². The average molecular weight is 429 g/mol. The van der Waals surface area contributed by atoms with E-state index >= 15 is 0 Å². The maximum absolute atomic E-state index is 12.5. The summed E-state index contributed by atoms with van der Waals surface area (Å²) in [6.07, 6.45) is 5.22. The summed E-state index contributed by atoms with van der Waals surface area (Å²) in [5.74, 6) is 1.60. The topological polar surface area (TPSA) is 98.3 Å². The molecule has 0 aliphatic rings. The Kier molecular flexibility index (Phi) is 6.41. The predicted molar refractivity (Wildman–Crippen MR) is 123 cm³/mol. The van der Waals surface area contributed by atoms with Crippen LogP contribution in [0.2, 0.25) is 0 Å². The Bertz CT molecular complexity index is 1230. The normalized spacial score (nSPS) is 10.6. The third-order valence-corrected chi connectivity index (χ3v) is 4.92. The van der Waals surface area contributed by atoms with Gasteiger partial charge in [-0.05, 0) is 48.5 Å². The number of hydrogen-bond donors (Lipinski definition) is 2. The van der Waals surface area contributed by atoms with Gasteiger partial charge in [-0.1, -0.05) is 0 Å². The van der Waals surface area contributed by atoms with Crippen LogP contribution in [0.5, 0.6) is 11.5 Å². The first-order valence-corrected chi connectivity index (χ1v) is 10.1. The number of ether oxygens (including phenoxy) is 2. The molecule has 0 fully saturated rings. The summed E-state index contributed by atoms with van der Waals surface area (Å²) in [7, 11) is 3.09. The van der Waals surface area contributed by atoms with Gasteiger partial charge in [0.1, 0.15) is 5.82 Å². The van der Waals surface area contributed by atoms with E-state index in [0.29, 0.717) is 36.0 Å². The molecule has 0 spiro atoms. The van der Waals surface area contributed by atoms with E-state index in [0.717, 1.165) is 22.2 Å². The van der Waals surface area contributed by atoms with Crippen molar-refractivity contribution in [1.29, 1.82) is 0 Å². The second-order valence-corrected chi connectivity index (χ2v) is 6.91. The molecule has 8 nitrogen and oxygen atoms in total. The lowest BCUT2D eigenvalue weighted by Gasteiger charge is -2.12. The molecule has 4 rings (SSSR count). The molecule has 3 heterocycles. The third-order valence-electron chi connectivity index (χ3n) is 4.92. The highest BCUT2D eigenvalue weighted by Gasteiger charge is 2.11. The van der Waals surface area contributed by atoms with Crippen molar-refractivity contribution in [1.82, 2.24) is 20.3 Å². The fraction of sp³-hybridized carbons (Fsp3) is 0.167. The first-order chi connectivity index (χ1) is 15.7. The van der Waals surface area contributed by atoms with Crippen LogP contribution in [-0.4, -0.2) is 48.2 Å². The Morgan fingerprint density at radius 1 is 0.938 bits per heavy atom. The van der Waals surface area contributed by atoms with Crippen molar-refractivity contribution in [2.75, 3.05) is 32.6 Å². The van der Waals surface area contributed by atoms with Crippen LogP contribution in [0.1, 0.15) is 10.4 Å². The molecule has 3 aromatic heterocycles. The molecular formula is C24H23N5O3. The molecule has 0 radical (unpaired) electrons. The Labute approximate surface area is 185 Å². The molecule has 8 heteroatoms. The van der Waals surface area contributed by atoms with Gasteiger partial charge in [0.25, 0.3) is 5.91 Å². The van der Waals surface area contributed by atoms with Crippen LogP contribution in [0.3, 0.4) is 0 Å². The van der Waals surface area contributed by atoms with E-state index in [9.17, 15) is 4.79 Å². The largest absolute Gasteiger partial charge is 0.493 e. The van der Waals surface area contributed by atoms with E-state index in [-0.39, 0.29) is 5.91 Å². The number of nitrogens with one attached hydrogen (secondary N) is 2. The summed E-state index contributed by atoms with van der Waals surface area (Å²) in [5, 5.41) is 7.14. The molecule has 162 valence electrons. The zero-order valence-electron chi connectivity index (χ0n) is 17.8. The quantitative estimate of drug-likeness (QED) is 0.413. The van der Waals surface area contributed by atoms with Gasteiger partial charge in [0.05, 0.1) is 25.4 Å². The maximum atomic E-state index is 12.5. The van der Waals surface area contributed by atoms with E-state index < -0.39 is 0 Å². The van der Waals surface area contributed by atoms with Crippen molar-refractivity contribution < 1.29 is 14.3 Å². The fourth-order valence-corrected chi connectivity index (χ4v) is 3.32. The second-order valence-electron chi connectivity index (χ2n) is 6.91. The number of hydrogen-bond acceptors (Lipinski definition) is 7. The van der Waals surface area contributed by atoms with Crippen molar-refractivity contribution in [3.8, 4) is 22.8 Å². The van der Waals surface area contributed by atoms with Crippen LogP contribution in [-0.2, 0) is 0 Å². The summed E-state index contributed by atoms with van der Waals surface area (Å²) >= 11 is 0.